The Morgan fingerprint density at radius 3 is 2.00 bits per heavy atom. The molecule has 11 heavy (non-hydrogen) atoms. The number of hydrogen-bond donors (Lipinski definition) is 1. The zero-order valence-electron chi connectivity index (χ0n) is 7.13. The van der Waals surface area contributed by atoms with Crippen LogP contribution < -0.4 is 0 Å². The van der Waals surface area contributed by atoms with Crippen LogP contribution in [0, 0.1) is 5.92 Å². The first-order valence-electron chi connectivity index (χ1n) is 3.76. The third-order valence-electron chi connectivity index (χ3n) is 1.46. The molecule has 0 aromatic rings. The molecule has 0 aliphatic rings. The minimum atomic E-state index is -1.11. The first-order valence-corrected chi connectivity index (χ1v) is 3.76. The number of carbonyl (C=O) groups is 2. The van der Waals surface area contributed by atoms with Crippen LogP contribution in [0.2, 0.25) is 0 Å². The van der Waals surface area contributed by atoms with Crippen LogP contribution in [0.4, 0.5) is 0 Å². The van der Waals surface area contributed by atoms with Crippen LogP contribution in [0.15, 0.2) is 0 Å². The van der Waals surface area contributed by atoms with Crippen molar-refractivity contribution in [3.8, 4) is 0 Å². The SMILES string of the molecule is CCC(O)C(=O)C(=O)C(C)C. The van der Waals surface area contributed by atoms with Gasteiger partial charge < -0.3 is 5.11 Å². The van der Waals surface area contributed by atoms with Crippen molar-refractivity contribution in [1.82, 2.24) is 0 Å². The number of Topliss-reactive ketones (excluding diaryl/α,β-unsaturated/α-hetero) is 2. The van der Waals surface area contributed by atoms with E-state index in [-0.39, 0.29) is 5.92 Å². The Balaban J connectivity index is 4.14. The van der Waals surface area contributed by atoms with Gasteiger partial charge in [0.05, 0.1) is 0 Å². The van der Waals surface area contributed by atoms with E-state index in [1.807, 2.05) is 0 Å². The van der Waals surface area contributed by atoms with Gasteiger partial charge in [-0.1, -0.05) is 20.8 Å². The highest BCUT2D eigenvalue weighted by Crippen LogP contribution is 2.00. The summed E-state index contributed by atoms with van der Waals surface area (Å²) in [6.07, 6.45) is -0.804. The van der Waals surface area contributed by atoms with Gasteiger partial charge in [0.2, 0.25) is 11.6 Å². The van der Waals surface area contributed by atoms with Crippen LogP contribution in [-0.2, 0) is 9.59 Å². The van der Waals surface area contributed by atoms with Gasteiger partial charge in [-0.3, -0.25) is 9.59 Å². The Hall–Kier alpha value is -0.700. The highest BCUT2D eigenvalue weighted by Gasteiger charge is 2.23. The molecule has 3 heteroatoms. The van der Waals surface area contributed by atoms with Gasteiger partial charge in [0.25, 0.3) is 0 Å². The zero-order chi connectivity index (χ0) is 9.02. The lowest BCUT2D eigenvalue weighted by molar-refractivity contribution is -0.143. The monoisotopic (exact) mass is 158 g/mol. The summed E-state index contributed by atoms with van der Waals surface area (Å²) < 4.78 is 0. The molecule has 64 valence electrons. The molecule has 0 aromatic carbocycles. The Morgan fingerprint density at radius 1 is 1.27 bits per heavy atom. The highest BCUT2D eigenvalue weighted by atomic mass is 16.3. The summed E-state index contributed by atoms with van der Waals surface area (Å²) in [5, 5.41) is 8.98. The Kier molecular flexibility index (Phi) is 3.97. The molecule has 1 N–H and O–H groups in total. The average molecular weight is 158 g/mol. The van der Waals surface area contributed by atoms with Crippen molar-refractivity contribution in [3.05, 3.63) is 0 Å². The summed E-state index contributed by atoms with van der Waals surface area (Å²) in [5.74, 6) is -1.47. The Labute approximate surface area is 66.4 Å². The second kappa shape index (κ2) is 4.23. The van der Waals surface area contributed by atoms with Crippen molar-refractivity contribution >= 4 is 11.6 Å². The summed E-state index contributed by atoms with van der Waals surface area (Å²) in [6.45, 7) is 4.95. The number of carbonyl (C=O) groups excluding carboxylic acids is 2. The summed E-state index contributed by atoms with van der Waals surface area (Å²) in [4.78, 5) is 21.8. The third-order valence-corrected chi connectivity index (χ3v) is 1.46. The zero-order valence-corrected chi connectivity index (χ0v) is 7.13. The standard InChI is InChI=1S/C8H14O3/c1-4-6(9)8(11)7(10)5(2)3/h5-6,9H,4H2,1-3H3. The van der Waals surface area contributed by atoms with Crippen LogP contribution in [0.3, 0.4) is 0 Å². The van der Waals surface area contributed by atoms with E-state index in [2.05, 4.69) is 0 Å². The number of aliphatic hydroxyl groups is 1. The molecule has 0 spiro atoms. The maximum absolute atomic E-state index is 10.9. The van der Waals surface area contributed by atoms with Crippen molar-refractivity contribution in [2.45, 2.75) is 33.3 Å². The molecule has 0 aliphatic carbocycles. The predicted octanol–water partition coefficient (Wildman–Crippen LogP) is 0.551. The normalized spacial score (nSPS) is 13.2. The molecule has 1 atom stereocenters. The number of rotatable bonds is 4. The van der Waals surface area contributed by atoms with Gasteiger partial charge >= 0.3 is 0 Å². The molecule has 0 rings (SSSR count). The molecule has 0 aromatic heterocycles. The van der Waals surface area contributed by atoms with Crippen molar-refractivity contribution < 1.29 is 14.7 Å². The molecule has 0 saturated carbocycles. The molecule has 0 amide bonds. The molecule has 0 saturated heterocycles. The van der Waals surface area contributed by atoms with Crippen LogP contribution in [0.25, 0.3) is 0 Å². The fourth-order valence-corrected chi connectivity index (χ4v) is 0.634. The minimum absolute atomic E-state index is 0.303. The molecular formula is C8H14O3. The first-order chi connectivity index (χ1) is 5.00. The number of ketones is 2. The van der Waals surface area contributed by atoms with Gasteiger partial charge in [-0.25, -0.2) is 0 Å². The van der Waals surface area contributed by atoms with Crippen LogP contribution in [-0.4, -0.2) is 22.8 Å². The van der Waals surface area contributed by atoms with Crippen molar-refractivity contribution in [3.63, 3.8) is 0 Å². The van der Waals surface area contributed by atoms with E-state index in [4.69, 9.17) is 5.11 Å². The van der Waals surface area contributed by atoms with Crippen LogP contribution >= 0.6 is 0 Å². The van der Waals surface area contributed by atoms with E-state index < -0.39 is 17.7 Å². The number of hydrogen-bond acceptors (Lipinski definition) is 3. The average Bonchev–Trinajstić information content (AvgIpc) is 2.00. The van der Waals surface area contributed by atoms with Crippen molar-refractivity contribution in [2.75, 3.05) is 0 Å². The third kappa shape index (κ3) is 2.80. The topological polar surface area (TPSA) is 54.4 Å². The lowest BCUT2D eigenvalue weighted by Crippen LogP contribution is -2.30. The van der Waals surface area contributed by atoms with E-state index >= 15 is 0 Å². The fourth-order valence-electron chi connectivity index (χ4n) is 0.634. The van der Waals surface area contributed by atoms with E-state index in [0.717, 1.165) is 0 Å². The molecular weight excluding hydrogens is 144 g/mol. The van der Waals surface area contributed by atoms with Crippen molar-refractivity contribution in [2.24, 2.45) is 5.92 Å². The summed E-state index contributed by atoms with van der Waals surface area (Å²) in [6, 6.07) is 0. The second-order valence-electron chi connectivity index (χ2n) is 2.81. The summed E-state index contributed by atoms with van der Waals surface area (Å²) in [5.41, 5.74) is 0. The van der Waals surface area contributed by atoms with E-state index in [0.29, 0.717) is 6.42 Å². The highest BCUT2D eigenvalue weighted by molar-refractivity contribution is 6.39. The Bertz CT molecular complexity index is 161. The van der Waals surface area contributed by atoms with E-state index in [1.54, 1.807) is 20.8 Å². The van der Waals surface area contributed by atoms with Crippen LogP contribution in [0.5, 0.6) is 0 Å². The van der Waals surface area contributed by atoms with Gasteiger partial charge in [-0.2, -0.15) is 0 Å². The lowest BCUT2D eigenvalue weighted by Gasteiger charge is -2.06. The fraction of sp³-hybridized carbons (Fsp3) is 0.750. The van der Waals surface area contributed by atoms with E-state index in [1.165, 1.54) is 0 Å². The Morgan fingerprint density at radius 2 is 1.73 bits per heavy atom. The maximum Gasteiger partial charge on any atom is 0.226 e. The second-order valence-corrected chi connectivity index (χ2v) is 2.81. The van der Waals surface area contributed by atoms with Gasteiger partial charge in [0, 0.05) is 5.92 Å². The number of aliphatic hydroxyl groups excluding tert-OH is 1. The molecule has 0 aliphatic heterocycles. The van der Waals surface area contributed by atoms with Gasteiger partial charge in [-0.15, -0.1) is 0 Å². The maximum atomic E-state index is 10.9. The smallest absolute Gasteiger partial charge is 0.226 e. The quantitative estimate of drug-likeness (QED) is 0.608. The first kappa shape index (κ1) is 10.3. The molecule has 3 nitrogen and oxygen atoms in total. The van der Waals surface area contributed by atoms with Gasteiger partial charge in [-0.05, 0) is 6.42 Å². The molecule has 0 radical (unpaired) electrons. The van der Waals surface area contributed by atoms with Crippen molar-refractivity contribution in [1.29, 1.82) is 0 Å². The molecule has 0 bridgehead atoms. The minimum Gasteiger partial charge on any atom is -0.385 e. The summed E-state index contributed by atoms with van der Waals surface area (Å²) >= 11 is 0. The largest absolute Gasteiger partial charge is 0.385 e. The molecule has 0 heterocycles. The lowest BCUT2D eigenvalue weighted by atomic mass is 10.0. The van der Waals surface area contributed by atoms with E-state index in [9.17, 15) is 9.59 Å². The van der Waals surface area contributed by atoms with Gasteiger partial charge in [0.15, 0.2) is 0 Å². The molecule has 1 unspecified atom stereocenters. The molecule has 0 fully saturated rings. The summed E-state index contributed by atoms with van der Waals surface area (Å²) in [7, 11) is 0. The van der Waals surface area contributed by atoms with Gasteiger partial charge in [0.1, 0.15) is 6.10 Å². The van der Waals surface area contributed by atoms with Crippen LogP contribution in [0.1, 0.15) is 27.2 Å². The predicted molar refractivity (Wildman–Crippen MR) is 41.1 cm³/mol.